The summed E-state index contributed by atoms with van der Waals surface area (Å²) in [6.07, 6.45) is 9.84. The van der Waals surface area contributed by atoms with Crippen molar-refractivity contribution >= 4 is 33.4 Å². The van der Waals surface area contributed by atoms with E-state index < -0.39 is 0 Å². The van der Waals surface area contributed by atoms with Gasteiger partial charge in [-0.05, 0) is 19.3 Å². The van der Waals surface area contributed by atoms with Crippen molar-refractivity contribution in [1.29, 1.82) is 0 Å². The fraction of sp³-hybridized carbons (Fsp3) is 0.647. The van der Waals surface area contributed by atoms with Crippen molar-refractivity contribution in [3.8, 4) is 0 Å². The van der Waals surface area contributed by atoms with Gasteiger partial charge < -0.3 is 9.80 Å². The Kier molecular flexibility index (Phi) is 6.98. The molecule has 8 heteroatoms. The van der Waals surface area contributed by atoms with Crippen molar-refractivity contribution in [1.82, 2.24) is 19.8 Å². The summed E-state index contributed by atoms with van der Waals surface area (Å²) in [7, 11) is 3.98. The average molecular weight is 381 g/mol. The highest BCUT2D eigenvalue weighted by atomic mass is 33.1. The highest BCUT2D eigenvalue weighted by Gasteiger charge is 2.25. The lowest BCUT2D eigenvalue weighted by atomic mass is 10.1. The van der Waals surface area contributed by atoms with Gasteiger partial charge in [-0.25, -0.2) is 4.98 Å². The molecule has 1 aromatic rings. The molecule has 0 aliphatic carbocycles. The highest BCUT2D eigenvalue weighted by Crippen LogP contribution is 2.39. The normalized spacial score (nSPS) is 20.7. The molecule has 1 aromatic heterocycles. The van der Waals surface area contributed by atoms with Crippen LogP contribution in [-0.4, -0.2) is 68.8 Å². The number of piperazine rings is 1. The van der Waals surface area contributed by atoms with Gasteiger partial charge in [0.15, 0.2) is 0 Å². The molecule has 2 aliphatic heterocycles. The predicted molar refractivity (Wildman–Crippen MR) is 101 cm³/mol. The predicted octanol–water partition coefficient (Wildman–Crippen LogP) is 2.48. The van der Waals surface area contributed by atoms with Crippen LogP contribution < -0.4 is 0 Å². The molecule has 1 atom stereocenters. The maximum atomic E-state index is 12.3. The fourth-order valence-electron chi connectivity index (χ4n) is 3.10. The van der Waals surface area contributed by atoms with E-state index in [1.165, 1.54) is 31.0 Å². The summed E-state index contributed by atoms with van der Waals surface area (Å²) < 4.78 is 0. The van der Waals surface area contributed by atoms with Crippen molar-refractivity contribution < 1.29 is 9.59 Å². The molecule has 3 heterocycles. The van der Waals surface area contributed by atoms with Crippen LogP contribution in [-0.2, 0) is 4.79 Å². The zero-order valence-electron chi connectivity index (χ0n) is 14.3. The van der Waals surface area contributed by atoms with E-state index in [4.69, 9.17) is 0 Å². The summed E-state index contributed by atoms with van der Waals surface area (Å²) in [5.74, 6) is 1.39. The molecule has 6 nitrogen and oxygen atoms in total. The monoisotopic (exact) mass is 380 g/mol. The summed E-state index contributed by atoms with van der Waals surface area (Å²) >= 11 is 0. The van der Waals surface area contributed by atoms with Crippen LogP contribution in [0.15, 0.2) is 18.6 Å². The molecule has 0 radical (unpaired) electrons. The average Bonchev–Trinajstić information content (AvgIpc) is 3.19. The summed E-state index contributed by atoms with van der Waals surface area (Å²) in [6.45, 7) is 2.36. The summed E-state index contributed by atoms with van der Waals surface area (Å²) in [6, 6.07) is 0. The molecular weight excluding hydrogens is 356 g/mol. The van der Waals surface area contributed by atoms with Crippen molar-refractivity contribution in [3.05, 3.63) is 24.3 Å². The molecule has 0 saturated carbocycles. The van der Waals surface area contributed by atoms with E-state index in [9.17, 15) is 9.59 Å². The zero-order chi connectivity index (χ0) is 17.5. The molecule has 2 fully saturated rings. The van der Waals surface area contributed by atoms with Crippen LogP contribution >= 0.6 is 21.6 Å². The number of amides is 2. The molecule has 3 rings (SSSR count). The van der Waals surface area contributed by atoms with E-state index >= 15 is 0 Å². The second kappa shape index (κ2) is 9.43. The lowest BCUT2D eigenvalue weighted by molar-refractivity contribution is -0.132. The van der Waals surface area contributed by atoms with Crippen LogP contribution in [0.5, 0.6) is 0 Å². The van der Waals surface area contributed by atoms with Crippen LogP contribution in [0.1, 0.15) is 42.6 Å². The van der Waals surface area contributed by atoms with E-state index in [1.54, 1.807) is 11.1 Å². The molecular formula is C17H24N4O2S2. The van der Waals surface area contributed by atoms with Gasteiger partial charge in [-0.2, -0.15) is 0 Å². The molecule has 2 saturated heterocycles. The van der Waals surface area contributed by atoms with Gasteiger partial charge in [0.05, 0.1) is 6.20 Å². The standard InChI is InChI=1S/C17H24N4O2S2/c22-16(4-2-1-3-14-5-12-24-25-14)20-8-10-21(11-9-20)17(23)15-13-18-6-7-19-15/h6-7,13-14H,1-5,8-12H2. The number of aromatic nitrogens is 2. The minimum atomic E-state index is -0.105. The van der Waals surface area contributed by atoms with Crippen LogP contribution in [0.3, 0.4) is 0 Å². The maximum absolute atomic E-state index is 12.3. The first-order chi connectivity index (χ1) is 12.2. The van der Waals surface area contributed by atoms with Gasteiger partial charge in [-0.3, -0.25) is 14.6 Å². The SMILES string of the molecule is O=C(CCCCC1CCSS1)N1CCN(C(=O)c2cnccn2)CC1. The van der Waals surface area contributed by atoms with Gasteiger partial charge in [0.1, 0.15) is 5.69 Å². The largest absolute Gasteiger partial charge is 0.339 e. The second-order valence-corrected chi connectivity index (χ2v) is 9.13. The number of rotatable bonds is 6. The molecule has 0 aromatic carbocycles. The lowest BCUT2D eigenvalue weighted by Crippen LogP contribution is -2.50. The Labute approximate surface area is 156 Å². The molecule has 0 bridgehead atoms. The first-order valence-electron chi connectivity index (χ1n) is 8.85. The van der Waals surface area contributed by atoms with Crippen LogP contribution in [0.2, 0.25) is 0 Å². The van der Waals surface area contributed by atoms with Crippen molar-refractivity contribution in [2.24, 2.45) is 0 Å². The topological polar surface area (TPSA) is 66.4 Å². The van der Waals surface area contributed by atoms with Gasteiger partial charge in [-0.15, -0.1) is 0 Å². The molecule has 2 aliphatic rings. The third-order valence-corrected chi connectivity index (χ3v) is 7.60. The van der Waals surface area contributed by atoms with E-state index in [0.29, 0.717) is 38.3 Å². The van der Waals surface area contributed by atoms with Gasteiger partial charge in [0.25, 0.3) is 5.91 Å². The molecule has 25 heavy (non-hydrogen) atoms. The van der Waals surface area contributed by atoms with Crippen molar-refractivity contribution in [2.45, 2.75) is 37.4 Å². The fourth-order valence-corrected chi connectivity index (χ4v) is 6.13. The van der Waals surface area contributed by atoms with E-state index in [-0.39, 0.29) is 11.8 Å². The highest BCUT2D eigenvalue weighted by molar-refractivity contribution is 8.77. The minimum Gasteiger partial charge on any atom is -0.339 e. The lowest BCUT2D eigenvalue weighted by Gasteiger charge is -2.34. The second-order valence-electron chi connectivity index (χ2n) is 6.34. The maximum Gasteiger partial charge on any atom is 0.274 e. The molecule has 136 valence electrons. The van der Waals surface area contributed by atoms with Gasteiger partial charge in [-0.1, -0.05) is 28.0 Å². The minimum absolute atomic E-state index is 0.105. The van der Waals surface area contributed by atoms with E-state index in [1.807, 2.05) is 26.5 Å². The first kappa shape index (κ1) is 18.5. The summed E-state index contributed by atoms with van der Waals surface area (Å²) in [5.41, 5.74) is 0.366. The van der Waals surface area contributed by atoms with Gasteiger partial charge in [0, 0.05) is 56.0 Å². The number of carbonyl (C=O) groups is 2. The number of nitrogens with zero attached hydrogens (tertiary/aromatic N) is 4. The smallest absolute Gasteiger partial charge is 0.274 e. The quantitative estimate of drug-likeness (QED) is 0.558. The van der Waals surface area contributed by atoms with Crippen LogP contribution in [0, 0.1) is 0 Å². The Balaban J connectivity index is 1.35. The van der Waals surface area contributed by atoms with Gasteiger partial charge in [0.2, 0.25) is 5.91 Å². The Hall–Kier alpha value is -1.28. The van der Waals surface area contributed by atoms with Crippen molar-refractivity contribution in [3.63, 3.8) is 0 Å². The Morgan fingerprint density at radius 3 is 2.60 bits per heavy atom. The van der Waals surface area contributed by atoms with E-state index in [2.05, 4.69) is 9.97 Å². The number of carbonyl (C=O) groups excluding carboxylic acids is 2. The summed E-state index contributed by atoms with van der Waals surface area (Å²) in [4.78, 5) is 36.3. The Bertz CT molecular complexity index is 573. The molecule has 0 spiro atoms. The number of hydrogen-bond acceptors (Lipinski definition) is 6. The molecule has 2 amide bonds. The first-order valence-corrected chi connectivity index (χ1v) is 11.2. The third kappa shape index (κ3) is 5.34. The van der Waals surface area contributed by atoms with Gasteiger partial charge >= 0.3 is 0 Å². The zero-order valence-corrected chi connectivity index (χ0v) is 15.9. The van der Waals surface area contributed by atoms with E-state index in [0.717, 1.165) is 18.1 Å². The Morgan fingerprint density at radius 1 is 1.12 bits per heavy atom. The molecule has 0 N–H and O–H groups in total. The van der Waals surface area contributed by atoms with Crippen molar-refractivity contribution in [2.75, 3.05) is 31.9 Å². The number of hydrogen-bond donors (Lipinski definition) is 0. The molecule has 1 unspecified atom stereocenters. The number of unbranched alkanes of at least 4 members (excludes halogenated alkanes) is 1. The van der Waals surface area contributed by atoms with Crippen LogP contribution in [0.25, 0.3) is 0 Å². The summed E-state index contributed by atoms with van der Waals surface area (Å²) in [5, 5.41) is 0.788. The van der Waals surface area contributed by atoms with Crippen LogP contribution in [0.4, 0.5) is 0 Å². The Morgan fingerprint density at radius 2 is 1.92 bits per heavy atom. The third-order valence-electron chi connectivity index (χ3n) is 4.60.